The lowest BCUT2D eigenvalue weighted by molar-refractivity contribution is 0.175. The summed E-state index contributed by atoms with van der Waals surface area (Å²) in [4.78, 5) is 27.3. The lowest BCUT2D eigenvalue weighted by atomic mass is 9.96. The number of pyridine rings is 1. The SMILES string of the molecule is O=c1[nH]c(COc2ccc(Br)cc2)nc2c(CNCC3CCN(Cc4ccccc4)CC3)nccc12. The molecule has 186 valence electrons. The maximum Gasteiger partial charge on any atom is 0.258 e. The number of halogens is 1. The first-order chi connectivity index (χ1) is 17.6. The van der Waals surface area contributed by atoms with Crippen LogP contribution in [0.15, 0.2) is 76.1 Å². The van der Waals surface area contributed by atoms with Gasteiger partial charge in [0.2, 0.25) is 0 Å². The van der Waals surface area contributed by atoms with Gasteiger partial charge in [0.1, 0.15) is 23.7 Å². The average Bonchev–Trinajstić information content (AvgIpc) is 2.90. The molecule has 0 saturated carbocycles. The van der Waals surface area contributed by atoms with Crippen LogP contribution in [0.25, 0.3) is 10.9 Å². The number of nitrogens with one attached hydrogen (secondary N) is 2. The van der Waals surface area contributed by atoms with Crippen molar-refractivity contribution in [3.8, 4) is 5.75 Å². The molecule has 36 heavy (non-hydrogen) atoms. The van der Waals surface area contributed by atoms with E-state index < -0.39 is 0 Å². The van der Waals surface area contributed by atoms with Crippen LogP contribution in [0.2, 0.25) is 0 Å². The zero-order valence-electron chi connectivity index (χ0n) is 20.1. The minimum Gasteiger partial charge on any atom is -0.486 e. The molecular weight excluding hydrogens is 518 g/mol. The summed E-state index contributed by atoms with van der Waals surface area (Å²) in [5.41, 5.74) is 2.61. The highest BCUT2D eigenvalue weighted by Crippen LogP contribution is 2.20. The fourth-order valence-corrected chi connectivity index (χ4v) is 4.90. The van der Waals surface area contributed by atoms with E-state index in [0.717, 1.165) is 36.3 Å². The highest BCUT2D eigenvalue weighted by atomic mass is 79.9. The monoisotopic (exact) mass is 547 g/mol. The van der Waals surface area contributed by atoms with Crippen molar-refractivity contribution < 1.29 is 4.74 Å². The second kappa shape index (κ2) is 11.8. The number of fused-ring (bicyclic) bond motifs is 1. The molecule has 5 rings (SSSR count). The molecule has 1 saturated heterocycles. The predicted molar refractivity (Wildman–Crippen MR) is 145 cm³/mol. The number of aromatic amines is 1. The lowest BCUT2D eigenvalue weighted by Crippen LogP contribution is -2.36. The molecule has 0 spiro atoms. The standard InChI is InChI=1S/C28H30BrN5O2/c29-22-6-8-23(9-7-22)36-19-26-32-27-24(28(35)33-26)10-13-31-25(27)17-30-16-20-11-14-34(15-12-20)18-21-4-2-1-3-5-21/h1-10,13,20,30H,11-12,14-19H2,(H,32,33,35). The van der Waals surface area contributed by atoms with Crippen LogP contribution >= 0.6 is 15.9 Å². The minimum absolute atomic E-state index is 0.177. The minimum atomic E-state index is -0.177. The number of hydrogen-bond acceptors (Lipinski definition) is 6. The Morgan fingerprint density at radius 1 is 1.06 bits per heavy atom. The Labute approximate surface area is 219 Å². The Kier molecular flexibility index (Phi) is 8.05. The Morgan fingerprint density at radius 3 is 2.61 bits per heavy atom. The molecule has 2 aromatic heterocycles. The molecule has 0 radical (unpaired) electrons. The quantitative estimate of drug-likeness (QED) is 0.317. The van der Waals surface area contributed by atoms with E-state index in [1.807, 2.05) is 24.3 Å². The fraction of sp³-hybridized carbons (Fsp3) is 0.321. The first-order valence-electron chi connectivity index (χ1n) is 12.4. The molecule has 0 unspecified atom stereocenters. The van der Waals surface area contributed by atoms with Gasteiger partial charge in [0.05, 0.1) is 11.1 Å². The number of nitrogens with zero attached hydrogens (tertiary/aromatic N) is 3. The van der Waals surface area contributed by atoms with Gasteiger partial charge in [-0.3, -0.25) is 14.7 Å². The van der Waals surface area contributed by atoms with Gasteiger partial charge in [-0.15, -0.1) is 0 Å². The summed E-state index contributed by atoms with van der Waals surface area (Å²) in [6.07, 6.45) is 4.03. The van der Waals surface area contributed by atoms with E-state index in [4.69, 9.17) is 4.74 Å². The summed E-state index contributed by atoms with van der Waals surface area (Å²) in [5, 5.41) is 4.11. The number of ether oxygens (including phenoxy) is 1. The van der Waals surface area contributed by atoms with E-state index in [0.29, 0.717) is 34.9 Å². The van der Waals surface area contributed by atoms with Crippen LogP contribution < -0.4 is 15.6 Å². The van der Waals surface area contributed by atoms with E-state index in [-0.39, 0.29) is 12.2 Å². The largest absolute Gasteiger partial charge is 0.486 e. The number of rotatable bonds is 9. The molecular formula is C28H30BrN5O2. The van der Waals surface area contributed by atoms with Gasteiger partial charge in [-0.2, -0.15) is 0 Å². The number of benzene rings is 2. The Morgan fingerprint density at radius 2 is 1.83 bits per heavy atom. The van der Waals surface area contributed by atoms with Gasteiger partial charge in [-0.1, -0.05) is 46.3 Å². The van der Waals surface area contributed by atoms with Crippen molar-refractivity contribution in [3.05, 3.63) is 98.8 Å². The van der Waals surface area contributed by atoms with Crippen molar-refractivity contribution >= 4 is 26.8 Å². The number of hydrogen-bond donors (Lipinski definition) is 2. The first kappa shape index (κ1) is 24.6. The first-order valence-corrected chi connectivity index (χ1v) is 13.2. The van der Waals surface area contributed by atoms with Crippen LogP contribution in [0.5, 0.6) is 5.75 Å². The molecule has 8 heteroatoms. The number of piperidine rings is 1. The van der Waals surface area contributed by atoms with Gasteiger partial charge < -0.3 is 15.0 Å². The van der Waals surface area contributed by atoms with Crippen LogP contribution in [-0.2, 0) is 19.7 Å². The molecule has 1 aliphatic rings. The lowest BCUT2D eigenvalue weighted by Gasteiger charge is -2.32. The third-order valence-electron chi connectivity index (χ3n) is 6.62. The van der Waals surface area contributed by atoms with Crippen molar-refractivity contribution in [2.45, 2.75) is 32.5 Å². The van der Waals surface area contributed by atoms with Crippen molar-refractivity contribution in [1.82, 2.24) is 25.2 Å². The van der Waals surface area contributed by atoms with Crippen molar-refractivity contribution in [3.63, 3.8) is 0 Å². The highest BCUT2D eigenvalue weighted by Gasteiger charge is 2.19. The van der Waals surface area contributed by atoms with Gasteiger partial charge >= 0.3 is 0 Å². The second-order valence-corrected chi connectivity index (χ2v) is 10.2. The Hall–Kier alpha value is -3.07. The van der Waals surface area contributed by atoms with Crippen LogP contribution in [-0.4, -0.2) is 39.5 Å². The fourth-order valence-electron chi connectivity index (χ4n) is 4.63. The second-order valence-electron chi connectivity index (χ2n) is 9.25. The average molecular weight is 548 g/mol. The molecule has 4 aromatic rings. The summed E-state index contributed by atoms with van der Waals surface area (Å²) < 4.78 is 6.78. The van der Waals surface area contributed by atoms with Gasteiger partial charge in [-0.05, 0) is 74.3 Å². The Bertz CT molecular complexity index is 1340. The van der Waals surface area contributed by atoms with Crippen LogP contribution in [0.4, 0.5) is 0 Å². The van der Waals surface area contributed by atoms with Gasteiger partial charge in [0, 0.05) is 23.8 Å². The van der Waals surface area contributed by atoms with E-state index in [1.54, 1.807) is 12.3 Å². The molecule has 2 N–H and O–H groups in total. The molecule has 0 amide bonds. The van der Waals surface area contributed by atoms with E-state index in [1.165, 1.54) is 18.4 Å². The summed E-state index contributed by atoms with van der Waals surface area (Å²) in [6, 6.07) is 19.9. The predicted octanol–water partition coefficient (Wildman–Crippen LogP) is 4.66. The van der Waals surface area contributed by atoms with Crippen molar-refractivity contribution in [1.29, 1.82) is 0 Å². The summed E-state index contributed by atoms with van der Waals surface area (Å²) in [6.45, 7) is 4.94. The smallest absolute Gasteiger partial charge is 0.258 e. The molecule has 0 atom stereocenters. The third kappa shape index (κ3) is 6.37. The zero-order chi connectivity index (χ0) is 24.7. The molecule has 3 heterocycles. The zero-order valence-corrected chi connectivity index (χ0v) is 21.7. The highest BCUT2D eigenvalue weighted by molar-refractivity contribution is 9.10. The maximum absolute atomic E-state index is 12.7. The van der Waals surface area contributed by atoms with E-state index >= 15 is 0 Å². The van der Waals surface area contributed by atoms with E-state index in [2.05, 4.69) is 71.4 Å². The van der Waals surface area contributed by atoms with Crippen molar-refractivity contribution in [2.24, 2.45) is 5.92 Å². The van der Waals surface area contributed by atoms with Crippen molar-refractivity contribution in [2.75, 3.05) is 19.6 Å². The summed E-state index contributed by atoms with van der Waals surface area (Å²) in [7, 11) is 0. The topological polar surface area (TPSA) is 83.1 Å². The van der Waals surface area contributed by atoms with E-state index in [9.17, 15) is 4.79 Å². The third-order valence-corrected chi connectivity index (χ3v) is 7.15. The molecule has 1 aliphatic heterocycles. The molecule has 2 aromatic carbocycles. The molecule has 0 bridgehead atoms. The summed E-state index contributed by atoms with van der Waals surface area (Å²) in [5.74, 6) is 1.83. The van der Waals surface area contributed by atoms with Gasteiger partial charge in [0.15, 0.2) is 0 Å². The number of likely N-dealkylation sites (tertiary alicyclic amines) is 1. The normalized spacial score (nSPS) is 14.8. The number of H-pyrrole nitrogens is 1. The summed E-state index contributed by atoms with van der Waals surface area (Å²) >= 11 is 3.42. The van der Waals surface area contributed by atoms with Crippen LogP contribution in [0, 0.1) is 5.92 Å². The maximum atomic E-state index is 12.7. The Balaban J connectivity index is 1.16. The van der Waals surface area contributed by atoms with Gasteiger partial charge in [-0.25, -0.2) is 4.98 Å². The van der Waals surface area contributed by atoms with Gasteiger partial charge in [0.25, 0.3) is 5.56 Å². The molecule has 7 nitrogen and oxygen atoms in total. The van der Waals surface area contributed by atoms with Crippen LogP contribution in [0.3, 0.4) is 0 Å². The molecule has 0 aliphatic carbocycles. The van der Waals surface area contributed by atoms with Crippen LogP contribution in [0.1, 0.15) is 29.9 Å². The molecule has 1 fully saturated rings. The number of aromatic nitrogens is 3.